The number of para-hydroxylation sites is 1. The van der Waals surface area contributed by atoms with Crippen LogP contribution in [0.1, 0.15) is 58.3 Å². The highest BCUT2D eigenvalue weighted by Gasteiger charge is 2.28. The molecule has 0 radical (unpaired) electrons. The van der Waals surface area contributed by atoms with Crippen molar-refractivity contribution in [3.8, 4) is 0 Å². The van der Waals surface area contributed by atoms with Crippen LogP contribution in [0, 0.1) is 0 Å². The fourth-order valence-electron chi connectivity index (χ4n) is 2.19. The van der Waals surface area contributed by atoms with E-state index in [9.17, 15) is 24.3 Å². The first-order valence-electron chi connectivity index (χ1n) is 9.02. The summed E-state index contributed by atoms with van der Waals surface area (Å²) in [6.45, 7) is 9.99. The topological polar surface area (TPSA) is 131 Å². The fraction of sp³-hybridized carbons (Fsp3) is 0.500. The number of aliphatic carboxylic acids is 1. The van der Waals surface area contributed by atoms with Gasteiger partial charge >= 0.3 is 18.2 Å². The number of carbonyl (C=O) groups excluding carboxylic acids is 3. The van der Waals surface area contributed by atoms with Gasteiger partial charge in [0.25, 0.3) is 0 Å². The number of carboxylic acid groups (broad SMARTS) is 1. The minimum atomic E-state index is -1.49. The number of amides is 2. The number of alkyl carbamates (subject to hydrolysis) is 1. The van der Waals surface area contributed by atoms with Crippen LogP contribution < -0.4 is 10.6 Å². The molecule has 0 heterocycles. The third-order valence-electron chi connectivity index (χ3n) is 3.24. The summed E-state index contributed by atoms with van der Waals surface area (Å²) in [6, 6.07) is 4.63. The Kier molecular flexibility index (Phi) is 7.76. The molecule has 0 aromatic heterocycles. The maximum absolute atomic E-state index is 12.7. The summed E-state index contributed by atoms with van der Waals surface area (Å²) in [6.07, 6.45) is -2.22. The lowest BCUT2D eigenvalue weighted by Crippen LogP contribution is -2.44. The van der Waals surface area contributed by atoms with Crippen LogP contribution in [-0.4, -0.2) is 46.3 Å². The Labute approximate surface area is 169 Å². The normalized spacial score (nSPS) is 12.5. The van der Waals surface area contributed by atoms with Crippen molar-refractivity contribution in [2.45, 2.75) is 65.2 Å². The summed E-state index contributed by atoms with van der Waals surface area (Å²) < 4.78 is 10.2. The van der Waals surface area contributed by atoms with Gasteiger partial charge < -0.3 is 19.9 Å². The lowest BCUT2D eigenvalue weighted by molar-refractivity contribution is -0.139. The van der Waals surface area contributed by atoms with E-state index in [-0.39, 0.29) is 11.3 Å². The van der Waals surface area contributed by atoms with E-state index in [1.54, 1.807) is 53.7 Å². The smallest absolute Gasteiger partial charge is 0.412 e. The number of hydrogen-bond donors (Lipinski definition) is 3. The van der Waals surface area contributed by atoms with Gasteiger partial charge in [0, 0.05) is 12.0 Å². The summed E-state index contributed by atoms with van der Waals surface area (Å²) in [5.41, 5.74) is -1.28. The molecule has 0 spiro atoms. The lowest BCUT2D eigenvalue weighted by atomic mass is 10.0. The van der Waals surface area contributed by atoms with Crippen molar-refractivity contribution >= 4 is 29.6 Å². The zero-order valence-electron chi connectivity index (χ0n) is 17.5. The number of benzene rings is 1. The number of rotatable bonds is 6. The maximum Gasteiger partial charge on any atom is 0.412 e. The Bertz CT molecular complexity index is 776. The van der Waals surface area contributed by atoms with E-state index >= 15 is 0 Å². The van der Waals surface area contributed by atoms with Crippen molar-refractivity contribution in [1.82, 2.24) is 5.32 Å². The van der Waals surface area contributed by atoms with Crippen molar-refractivity contribution in [1.29, 1.82) is 0 Å². The number of carboxylic acids is 1. The highest BCUT2D eigenvalue weighted by molar-refractivity contribution is 6.05. The minimum absolute atomic E-state index is 0.0931. The summed E-state index contributed by atoms with van der Waals surface area (Å²) in [4.78, 5) is 48.0. The molecule has 1 atom stereocenters. The average Bonchev–Trinajstić information content (AvgIpc) is 2.50. The second kappa shape index (κ2) is 9.40. The SMILES string of the molecule is CC(C)(C)OC(=O)Nc1ccccc1C(=O)C[C@H](NC(=O)OC(C)(C)C)C(=O)O. The van der Waals surface area contributed by atoms with Crippen LogP contribution in [-0.2, 0) is 14.3 Å². The standard InChI is InChI=1S/C20H28N2O7/c1-19(2,3)28-17(26)21-13-10-8-7-9-12(13)15(23)11-14(16(24)25)22-18(27)29-20(4,5)6/h7-10,14H,11H2,1-6H3,(H,21,26)(H,22,27)(H,24,25)/t14-/m0/s1. The summed E-state index contributed by atoms with van der Waals surface area (Å²) >= 11 is 0. The van der Waals surface area contributed by atoms with E-state index in [0.29, 0.717) is 0 Å². The van der Waals surface area contributed by atoms with Crippen LogP contribution >= 0.6 is 0 Å². The Balaban J connectivity index is 2.92. The Morgan fingerprint density at radius 3 is 1.97 bits per heavy atom. The van der Waals surface area contributed by atoms with Gasteiger partial charge in [-0.2, -0.15) is 0 Å². The molecule has 9 heteroatoms. The molecule has 29 heavy (non-hydrogen) atoms. The molecule has 160 valence electrons. The van der Waals surface area contributed by atoms with Gasteiger partial charge in [-0.3, -0.25) is 10.1 Å². The first-order valence-corrected chi connectivity index (χ1v) is 9.02. The van der Waals surface area contributed by atoms with Gasteiger partial charge in [-0.1, -0.05) is 12.1 Å². The van der Waals surface area contributed by atoms with E-state index in [0.717, 1.165) is 0 Å². The van der Waals surface area contributed by atoms with Crippen molar-refractivity contribution in [3.63, 3.8) is 0 Å². The lowest BCUT2D eigenvalue weighted by Gasteiger charge is -2.22. The summed E-state index contributed by atoms with van der Waals surface area (Å²) in [7, 11) is 0. The van der Waals surface area contributed by atoms with Crippen LogP contribution in [0.3, 0.4) is 0 Å². The molecule has 0 saturated carbocycles. The number of nitrogens with one attached hydrogen (secondary N) is 2. The number of carbonyl (C=O) groups is 4. The molecular weight excluding hydrogens is 380 g/mol. The van der Waals surface area contributed by atoms with E-state index in [4.69, 9.17) is 9.47 Å². The van der Waals surface area contributed by atoms with Crippen LogP contribution in [0.5, 0.6) is 0 Å². The predicted molar refractivity (Wildman–Crippen MR) is 106 cm³/mol. The molecule has 0 fully saturated rings. The van der Waals surface area contributed by atoms with E-state index in [1.807, 2.05) is 0 Å². The van der Waals surface area contributed by atoms with Gasteiger partial charge in [-0.25, -0.2) is 14.4 Å². The zero-order chi connectivity index (χ0) is 22.4. The van der Waals surface area contributed by atoms with Crippen LogP contribution in [0.25, 0.3) is 0 Å². The summed E-state index contributed by atoms with van der Waals surface area (Å²) in [5, 5.41) is 14.0. The average molecular weight is 408 g/mol. The van der Waals surface area contributed by atoms with E-state index in [2.05, 4.69) is 10.6 Å². The number of anilines is 1. The second-order valence-electron chi connectivity index (χ2n) is 8.34. The molecule has 0 aliphatic heterocycles. The van der Waals surface area contributed by atoms with Crippen molar-refractivity contribution < 1.29 is 33.8 Å². The van der Waals surface area contributed by atoms with Crippen LogP contribution in [0.2, 0.25) is 0 Å². The molecular formula is C20H28N2O7. The van der Waals surface area contributed by atoms with Gasteiger partial charge in [-0.15, -0.1) is 0 Å². The maximum atomic E-state index is 12.7. The minimum Gasteiger partial charge on any atom is -0.480 e. The molecule has 0 saturated heterocycles. The van der Waals surface area contributed by atoms with Crippen LogP contribution in [0.4, 0.5) is 15.3 Å². The van der Waals surface area contributed by atoms with Gasteiger partial charge in [0.05, 0.1) is 5.69 Å². The molecule has 0 unspecified atom stereocenters. The Hall–Kier alpha value is -3.10. The first-order chi connectivity index (χ1) is 13.2. The molecule has 1 rings (SSSR count). The van der Waals surface area contributed by atoms with Gasteiger partial charge in [0.1, 0.15) is 17.2 Å². The van der Waals surface area contributed by atoms with E-state index < -0.39 is 47.6 Å². The third kappa shape index (κ3) is 9.09. The zero-order valence-corrected chi connectivity index (χ0v) is 17.5. The monoisotopic (exact) mass is 408 g/mol. The van der Waals surface area contributed by atoms with E-state index in [1.165, 1.54) is 12.1 Å². The number of ether oxygens (including phenoxy) is 2. The number of ketones is 1. The Morgan fingerprint density at radius 2 is 1.45 bits per heavy atom. The third-order valence-corrected chi connectivity index (χ3v) is 3.24. The molecule has 9 nitrogen and oxygen atoms in total. The van der Waals surface area contributed by atoms with Gasteiger partial charge in [-0.05, 0) is 53.7 Å². The molecule has 3 N–H and O–H groups in total. The molecule has 2 amide bonds. The largest absolute Gasteiger partial charge is 0.480 e. The van der Waals surface area contributed by atoms with Crippen molar-refractivity contribution in [2.24, 2.45) is 0 Å². The summed E-state index contributed by atoms with van der Waals surface area (Å²) in [5.74, 6) is -1.97. The molecule has 1 aromatic carbocycles. The predicted octanol–water partition coefficient (Wildman–Crippen LogP) is 3.58. The van der Waals surface area contributed by atoms with Crippen LogP contribution in [0.15, 0.2) is 24.3 Å². The first kappa shape index (κ1) is 23.9. The molecule has 0 aliphatic rings. The molecule has 1 aromatic rings. The molecule has 0 aliphatic carbocycles. The highest BCUT2D eigenvalue weighted by atomic mass is 16.6. The van der Waals surface area contributed by atoms with Crippen molar-refractivity contribution in [3.05, 3.63) is 29.8 Å². The van der Waals surface area contributed by atoms with Gasteiger partial charge in [0.15, 0.2) is 5.78 Å². The highest BCUT2D eigenvalue weighted by Crippen LogP contribution is 2.19. The number of Topliss-reactive ketones (excluding diaryl/α,β-unsaturated/α-hetero) is 1. The fourth-order valence-corrected chi connectivity index (χ4v) is 2.19. The van der Waals surface area contributed by atoms with Gasteiger partial charge in [0.2, 0.25) is 0 Å². The molecule has 0 bridgehead atoms. The second-order valence-corrected chi connectivity index (χ2v) is 8.34. The Morgan fingerprint density at radius 1 is 0.931 bits per heavy atom. The van der Waals surface area contributed by atoms with Crippen molar-refractivity contribution in [2.75, 3.05) is 5.32 Å². The number of hydrogen-bond acceptors (Lipinski definition) is 6. The quantitative estimate of drug-likeness (QED) is 0.613.